The number of hydrogen-bond acceptors (Lipinski definition) is 3. The number of rotatable bonds is 12. The Morgan fingerprint density at radius 3 is 2.33 bits per heavy atom. The molecule has 1 N–H and O–H groups in total. The van der Waals surface area contributed by atoms with E-state index in [0.717, 1.165) is 38.8 Å². The van der Waals surface area contributed by atoms with Crippen LogP contribution in [0.4, 0.5) is 0 Å². The molecule has 0 unspecified atom stereocenters. The van der Waals surface area contributed by atoms with Crippen LogP contribution < -0.4 is 5.32 Å². The van der Waals surface area contributed by atoms with Crippen molar-refractivity contribution in [3.63, 3.8) is 0 Å². The van der Waals surface area contributed by atoms with Gasteiger partial charge in [-0.15, -0.1) is 0 Å². The minimum absolute atomic E-state index is 0.646. The summed E-state index contributed by atoms with van der Waals surface area (Å²) in [5.74, 6) is 0.749. The van der Waals surface area contributed by atoms with Crippen molar-refractivity contribution in [1.82, 2.24) is 10.2 Å². The minimum Gasteiger partial charge on any atom is -0.382 e. The summed E-state index contributed by atoms with van der Waals surface area (Å²) in [4.78, 5) is 2.55. The largest absolute Gasteiger partial charge is 0.382 e. The summed E-state index contributed by atoms with van der Waals surface area (Å²) in [6, 6.07) is 0.646. The summed E-state index contributed by atoms with van der Waals surface area (Å²) in [6.07, 6.45) is 2.38. The van der Waals surface area contributed by atoms with Crippen molar-refractivity contribution in [2.75, 3.05) is 39.4 Å². The fourth-order valence-electron chi connectivity index (χ4n) is 1.98. The van der Waals surface area contributed by atoms with E-state index in [0.29, 0.717) is 6.04 Å². The van der Waals surface area contributed by atoms with Crippen molar-refractivity contribution in [2.45, 2.75) is 53.5 Å². The van der Waals surface area contributed by atoms with E-state index < -0.39 is 0 Å². The summed E-state index contributed by atoms with van der Waals surface area (Å²) in [5.41, 5.74) is 0. The Morgan fingerprint density at radius 1 is 1.06 bits per heavy atom. The Morgan fingerprint density at radius 2 is 1.78 bits per heavy atom. The molecule has 0 amide bonds. The number of nitrogens with one attached hydrogen (secondary N) is 1. The highest BCUT2D eigenvalue weighted by Gasteiger charge is 2.10. The molecular weight excluding hydrogens is 224 g/mol. The molecule has 0 radical (unpaired) electrons. The molecule has 0 heterocycles. The molecule has 0 fully saturated rings. The Balaban J connectivity index is 3.44. The zero-order chi connectivity index (χ0) is 13.8. The Hall–Kier alpha value is -0.120. The lowest BCUT2D eigenvalue weighted by atomic mass is 10.2. The van der Waals surface area contributed by atoms with Crippen molar-refractivity contribution in [2.24, 2.45) is 5.92 Å². The number of nitrogens with zero attached hydrogens (tertiary/aromatic N) is 1. The lowest BCUT2D eigenvalue weighted by Crippen LogP contribution is -2.39. The van der Waals surface area contributed by atoms with E-state index >= 15 is 0 Å². The van der Waals surface area contributed by atoms with Gasteiger partial charge in [-0.1, -0.05) is 13.8 Å². The molecule has 3 heteroatoms. The first-order chi connectivity index (χ1) is 8.57. The second-order valence-electron chi connectivity index (χ2n) is 5.64. The fraction of sp³-hybridized carbons (Fsp3) is 1.00. The van der Waals surface area contributed by atoms with Crippen LogP contribution in [0.15, 0.2) is 0 Å². The zero-order valence-electron chi connectivity index (χ0n) is 13.2. The summed E-state index contributed by atoms with van der Waals surface area (Å²) in [7, 11) is 0. The molecule has 0 rings (SSSR count). The van der Waals surface area contributed by atoms with E-state index in [1.165, 1.54) is 19.4 Å². The van der Waals surface area contributed by atoms with Gasteiger partial charge in [-0.3, -0.25) is 4.90 Å². The molecule has 0 aromatic rings. The monoisotopic (exact) mass is 258 g/mol. The molecule has 18 heavy (non-hydrogen) atoms. The molecule has 0 aromatic carbocycles. The van der Waals surface area contributed by atoms with Gasteiger partial charge in [0.05, 0.1) is 0 Å². The van der Waals surface area contributed by atoms with Crippen LogP contribution in [-0.2, 0) is 4.74 Å². The van der Waals surface area contributed by atoms with E-state index in [1.54, 1.807) is 0 Å². The van der Waals surface area contributed by atoms with Crippen LogP contribution in [0.1, 0.15) is 47.5 Å². The molecule has 0 bridgehead atoms. The van der Waals surface area contributed by atoms with Gasteiger partial charge in [0.2, 0.25) is 0 Å². The van der Waals surface area contributed by atoms with Gasteiger partial charge in [0.25, 0.3) is 0 Å². The standard InChI is InChI=1S/C15H34N2O/c1-6-18-12-8-7-9-16-10-11-17(15(4)5)13-14(2)3/h14-16H,6-13H2,1-5H3. The van der Waals surface area contributed by atoms with Gasteiger partial charge in [-0.2, -0.15) is 0 Å². The Labute approximate surface area is 114 Å². The molecule has 0 aromatic heterocycles. The van der Waals surface area contributed by atoms with Gasteiger partial charge in [0.15, 0.2) is 0 Å². The second-order valence-corrected chi connectivity index (χ2v) is 5.64. The first kappa shape index (κ1) is 17.9. The van der Waals surface area contributed by atoms with Crippen LogP contribution in [0.5, 0.6) is 0 Å². The normalized spacial score (nSPS) is 12.0. The maximum Gasteiger partial charge on any atom is 0.0466 e. The molecule has 0 saturated carbocycles. The van der Waals surface area contributed by atoms with Crippen LogP contribution in [0.25, 0.3) is 0 Å². The fourth-order valence-corrected chi connectivity index (χ4v) is 1.98. The Bertz CT molecular complexity index is 172. The highest BCUT2D eigenvalue weighted by Crippen LogP contribution is 2.03. The highest BCUT2D eigenvalue weighted by atomic mass is 16.5. The van der Waals surface area contributed by atoms with E-state index in [-0.39, 0.29) is 0 Å². The average Bonchev–Trinajstić information content (AvgIpc) is 2.30. The van der Waals surface area contributed by atoms with Crippen molar-refractivity contribution in [3.05, 3.63) is 0 Å². The van der Waals surface area contributed by atoms with Gasteiger partial charge in [0.1, 0.15) is 0 Å². The van der Waals surface area contributed by atoms with E-state index in [4.69, 9.17) is 4.74 Å². The number of hydrogen-bond donors (Lipinski definition) is 1. The SMILES string of the molecule is CCOCCCCNCCN(CC(C)C)C(C)C. The number of unbranched alkanes of at least 4 members (excludes halogenated alkanes) is 1. The third-order valence-corrected chi connectivity index (χ3v) is 3.00. The lowest BCUT2D eigenvalue weighted by Gasteiger charge is -2.28. The molecule has 3 nitrogen and oxygen atoms in total. The minimum atomic E-state index is 0.646. The van der Waals surface area contributed by atoms with E-state index in [2.05, 4.69) is 37.9 Å². The third kappa shape index (κ3) is 11.0. The van der Waals surface area contributed by atoms with Crippen LogP contribution in [0.3, 0.4) is 0 Å². The van der Waals surface area contributed by atoms with Crippen LogP contribution in [-0.4, -0.2) is 50.3 Å². The van der Waals surface area contributed by atoms with Gasteiger partial charge >= 0.3 is 0 Å². The smallest absolute Gasteiger partial charge is 0.0466 e. The summed E-state index contributed by atoms with van der Waals surface area (Å²) >= 11 is 0. The molecule has 0 atom stereocenters. The summed E-state index contributed by atoms with van der Waals surface area (Å²) in [5, 5.41) is 3.52. The lowest BCUT2D eigenvalue weighted by molar-refractivity contribution is 0.143. The van der Waals surface area contributed by atoms with E-state index in [1.807, 2.05) is 6.92 Å². The van der Waals surface area contributed by atoms with Gasteiger partial charge < -0.3 is 10.1 Å². The van der Waals surface area contributed by atoms with Crippen molar-refractivity contribution < 1.29 is 4.74 Å². The summed E-state index contributed by atoms with van der Waals surface area (Å²) in [6.45, 7) is 17.5. The van der Waals surface area contributed by atoms with Crippen LogP contribution >= 0.6 is 0 Å². The summed E-state index contributed by atoms with van der Waals surface area (Å²) < 4.78 is 5.32. The second kappa shape index (κ2) is 11.9. The predicted octanol–water partition coefficient (Wildman–Crippen LogP) is 2.76. The van der Waals surface area contributed by atoms with E-state index in [9.17, 15) is 0 Å². The quantitative estimate of drug-likeness (QED) is 0.545. The Kier molecular flexibility index (Phi) is 11.9. The maximum absolute atomic E-state index is 5.32. The average molecular weight is 258 g/mol. The van der Waals surface area contributed by atoms with Crippen LogP contribution in [0, 0.1) is 5.92 Å². The molecule has 0 aliphatic carbocycles. The predicted molar refractivity (Wildman–Crippen MR) is 80.1 cm³/mol. The third-order valence-electron chi connectivity index (χ3n) is 3.00. The molecule has 0 spiro atoms. The first-order valence-electron chi connectivity index (χ1n) is 7.60. The molecular formula is C15H34N2O. The highest BCUT2D eigenvalue weighted by molar-refractivity contribution is 4.66. The van der Waals surface area contributed by atoms with Crippen molar-refractivity contribution in [3.8, 4) is 0 Å². The number of ether oxygens (including phenoxy) is 1. The van der Waals surface area contributed by atoms with Crippen molar-refractivity contribution >= 4 is 0 Å². The maximum atomic E-state index is 5.32. The van der Waals surface area contributed by atoms with Gasteiger partial charge in [-0.05, 0) is 46.1 Å². The molecule has 0 saturated heterocycles. The van der Waals surface area contributed by atoms with Gasteiger partial charge in [-0.25, -0.2) is 0 Å². The topological polar surface area (TPSA) is 24.5 Å². The van der Waals surface area contributed by atoms with Crippen LogP contribution in [0.2, 0.25) is 0 Å². The van der Waals surface area contributed by atoms with Gasteiger partial charge in [0, 0.05) is 38.9 Å². The molecule has 0 aliphatic heterocycles. The molecule has 110 valence electrons. The molecule has 0 aliphatic rings. The van der Waals surface area contributed by atoms with Crippen molar-refractivity contribution in [1.29, 1.82) is 0 Å². The zero-order valence-corrected chi connectivity index (χ0v) is 13.2. The first-order valence-corrected chi connectivity index (χ1v) is 7.60.